The smallest absolute Gasteiger partial charge is 0.234 e. The number of carbonyl (C=O) groups is 1. The Bertz CT molecular complexity index is 1200. The largest absolute Gasteiger partial charge is 0.486 e. The quantitative estimate of drug-likeness (QED) is 0.431. The van der Waals surface area contributed by atoms with E-state index in [1.165, 1.54) is 11.8 Å². The summed E-state index contributed by atoms with van der Waals surface area (Å²) in [5.74, 6) is 1.60. The molecule has 1 aliphatic rings. The van der Waals surface area contributed by atoms with Gasteiger partial charge in [-0.25, -0.2) is 0 Å². The third kappa shape index (κ3) is 3.74. The monoisotopic (exact) mass is 416 g/mol. The average Bonchev–Trinajstić information content (AvgIpc) is 3.17. The van der Waals surface area contributed by atoms with Crippen LogP contribution in [0, 0.1) is 0 Å². The van der Waals surface area contributed by atoms with Gasteiger partial charge in [-0.2, -0.15) is 0 Å². The summed E-state index contributed by atoms with van der Waals surface area (Å²) in [4.78, 5) is 17.2. The zero-order valence-corrected chi connectivity index (χ0v) is 17.0. The Morgan fingerprint density at radius 2 is 1.70 bits per heavy atom. The molecular formula is C24H20N2O3S. The number of thioether (sulfide) groups is 1. The molecule has 1 amide bonds. The maximum Gasteiger partial charge on any atom is 0.234 e. The van der Waals surface area contributed by atoms with Crippen LogP contribution in [0.5, 0.6) is 11.5 Å². The van der Waals surface area contributed by atoms with E-state index < -0.39 is 0 Å². The zero-order valence-electron chi connectivity index (χ0n) is 16.2. The van der Waals surface area contributed by atoms with Crippen molar-refractivity contribution in [1.29, 1.82) is 0 Å². The first-order valence-corrected chi connectivity index (χ1v) is 10.7. The van der Waals surface area contributed by atoms with Crippen molar-refractivity contribution in [3.05, 3.63) is 72.8 Å². The number of hydrogen-bond acceptors (Lipinski definition) is 4. The predicted octanol–water partition coefficient (Wildman–Crippen LogP) is 5.34. The molecule has 2 N–H and O–H groups in total. The number of hydrogen-bond donors (Lipinski definition) is 2. The lowest BCUT2D eigenvalue weighted by atomic mass is 10.1. The molecule has 5 rings (SSSR count). The topological polar surface area (TPSA) is 63.4 Å². The van der Waals surface area contributed by atoms with Gasteiger partial charge < -0.3 is 19.8 Å². The highest BCUT2D eigenvalue weighted by Crippen LogP contribution is 2.38. The van der Waals surface area contributed by atoms with Crippen LogP contribution in [0.25, 0.3) is 22.2 Å². The van der Waals surface area contributed by atoms with Crippen LogP contribution in [0.4, 0.5) is 5.69 Å². The second-order valence-corrected chi connectivity index (χ2v) is 7.92. The van der Waals surface area contributed by atoms with E-state index in [0.29, 0.717) is 36.2 Å². The van der Waals surface area contributed by atoms with E-state index in [2.05, 4.69) is 34.6 Å². The first kappa shape index (κ1) is 18.6. The molecular weight excluding hydrogens is 396 g/mol. The molecule has 0 radical (unpaired) electrons. The number of anilines is 1. The Kier molecular flexibility index (Phi) is 5.07. The van der Waals surface area contributed by atoms with E-state index in [0.717, 1.165) is 27.1 Å². The fourth-order valence-electron chi connectivity index (χ4n) is 3.53. The SMILES string of the molecule is O=C(CSc1c(-c2ccccc2)[nH]c2ccccc12)Nc1ccc2c(c1)OCCO2. The van der Waals surface area contributed by atoms with Gasteiger partial charge in [0.25, 0.3) is 0 Å². The van der Waals surface area contributed by atoms with Gasteiger partial charge in [-0.15, -0.1) is 11.8 Å². The zero-order chi connectivity index (χ0) is 20.3. The number of H-pyrrole nitrogens is 1. The number of nitrogens with one attached hydrogen (secondary N) is 2. The highest BCUT2D eigenvalue weighted by atomic mass is 32.2. The van der Waals surface area contributed by atoms with Gasteiger partial charge in [0.1, 0.15) is 13.2 Å². The minimum Gasteiger partial charge on any atom is -0.486 e. The van der Waals surface area contributed by atoms with Crippen LogP contribution in [0.2, 0.25) is 0 Å². The Morgan fingerprint density at radius 1 is 0.933 bits per heavy atom. The molecule has 6 heteroatoms. The number of carbonyl (C=O) groups excluding carboxylic acids is 1. The number of fused-ring (bicyclic) bond motifs is 2. The summed E-state index contributed by atoms with van der Waals surface area (Å²) >= 11 is 1.53. The molecule has 0 atom stereocenters. The number of para-hydroxylation sites is 1. The lowest BCUT2D eigenvalue weighted by Gasteiger charge is -2.19. The molecule has 0 saturated carbocycles. The van der Waals surface area contributed by atoms with E-state index >= 15 is 0 Å². The highest BCUT2D eigenvalue weighted by molar-refractivity contribution is 8.00. The Labute approximate surface area is 178 Å². The molecule has 2 heterocycles. The van der Waals surface area contributed by atoms with Crippen molar-refractivity contribution in [2.45, 2.75) is 4.90 Å². The van der Waals surface area contributed by atoms with Crippen LogP contribution >= 0.6 is 11.8 Å². The van der Waals surface area contributed by atoms with Crippen molar-refractivity contribution in [1.82, 2.24) is 4.98 Å². The van der Waals surface area contributed by atoms with Crippen molar-refractivity contribution in [2.75, 3.05) is 24.3 Å². The van der Waals surface area contributed by atoms with Gasteiger partial charge in [0.05, 0.1) is 11.4 Å². The van der Waals surface area contributed by atoms with Crippen molar-refractivity contribution in [2.24, 2.45) is 0 Å². The van der Waals surface area contributed by atoms with E-state index in [-0.39, 0.29) is 5.91 Å². The normalized spacial score (nSPS) is 12.7. The summed E-state index contributed by atoms with van der Waals surface area (Å²) in [5.41, 5.74) is 3.90. The maximum absolute atomic E-state index is 12.6. The Morgan fingerprint density at radius 3 is 2.57 bits per heavy atom. The first-order valence-electron chi connectivity index (χ1n) is 9.76. The summed E-state index contributed by atoms with van der Waals surface area (Å²) in [5, 5.41) is 4.08. The summed E-state index contributed by atoms with van der Waals surface area (Å²) < 4.78 is 11.1. The lowest BCUT2D eigenvalue weighted by Crippen LogP contribution is -2.17. The molecule has 30 heavy (non-hydrogen) atoms. The predicted molar refractivity (Wildman–Crippen MR) is 121 cm³/mol. The average molecular weight is 417 g/mol. The summed E-state index contributed by atoms with van der Waals surface area (Å²) in [6.07, 6.45) is 0. The molecule has 1 aliphatic heterocycles. The molecule has 4 aromatic rings. The molecule has 150 valence electrons. The molecule has 1 aromatic heterocycles. The number of aromatic amines is 1. The van der Waals surface area contributed by atoms with E-state index in [9.17, 15) is 4.79 Å². The fraction of sp³-hybridized carbons (Fsp3) is 0.125. The van der Waals surface area contributed by atoms with Gasteiger partial charge in [-0.3, -0.25) is 4.79 Å². The minimum atomic E-state index is -0.0685. The van der Waals surface area contributed by atoms with Gasteiger partial charge in [-0.1, -0.05) is 48.5 Å². The molecule has 0 unspecified atom stereocenters. The second kappa shape index (κ2) is 8.16. The molecule has 3 aromatic carbocycles. The summed E-state index contributed by atoms with van der Waals surface area (Å²) in [6.45, 7) is 1.06. The number of ether oxygens (including phenoxy) is 2. The third-order valence-electron chi connectivity index (χ3n) is 4.89. The van der Waals surface area contributed by atoms with Crippen LogP contribution in [0.3, 0.4) is 0 Å². The van der Waals surface area contributed by atoms with Crippen molar-refractivity contribution in [3.8, 4) is 22.8 Å². The van der Waals surface area contributed by atoms with Gasteiger partial charge in [-0.05, 0) is 23.8 Å². The van der Waals surface area contributed by atoms with Gasteiger partial charge >= 0.3 is 0 Å². The van der Waals surface area contributed by atoms with Crippen molar-refractivity contribution < 1.29 is 14.3 Å². The van der Waals surface area contributed by atoms with E-state index in [4.69, 9.17) is 9.47 Å². The second-order valence-electron chi connectivity index (χ2n) is 6.94. The van der Waals surface area contributed by atoms with Crippen LogP contribution in [-0.4, -0.2) is 29.9 Å². The highest BCUT2D eigenvalue weighted by Gasteiger charge is 2.16. The van der Waals surface area contributed by atoms with Crippen molar-refractivity contribution >= 4 is 34.3 Å². The van der Waals surface area contributed by atoms with Gasteiger partial charge in [0.2, 0.25) is 5.91 Å². The molecule has 0 spiro atoms. The van der Waals surface area contributed by atoms with Gasteiger partial charge in [0, 0.05) is 27.6 Å². The lowest BCUT2D eigenvalue weighted by molar-refractivity contribution is -0.113. The van der Waals surface area contributed by atoms with Crippen molar-refractivity contribution in [3.63, 3.8) is 0 Å². The fourth-order valence-corrected chi connectivity index (χ4v) is 4.52. The number of rotatable bonds is 5. The van der Waals surface area contributed by atoms with Crippen LogP contribution in [0.15, 0.2) is 77.7 Å². The van der Waals surface area contributed by atoms with Crippen LogP contribution in [0.1, 0.15) is 0 Å². The standard InChI is InChI=1S/C24H20N2O3S/c27-22(25-17-10-11-20-21(14-17)29-13-12-28-20)15-30-24-18-8-4-5-9-19(18)26-23(24)16-6-2-1-3-7-16/h1-11,14,26H,12-13,15H2,(H,25,27). The molecule has 0 fully saturated rings. The van der Waals surface area contributed by atoms with Crippen LogP contribution < -0.4 is 14.8 Å². The van der Waals surface area contributed by atoms with E-state index in [1.807, 2.05) is 42.5 Å². The molecule has 0 aliphatic carbocycles. The number of benzene rings is 3. The minimum absolute atomic E-state index is 0.0685. The first-order chi connectivity index (χ1) is 14.8. The maximum atomic E-state index is 12.6. The number of aromatic nitrogens is 1. The Hall–Kier alpha value is -3.38. The molecule has 0 saturated heterocycles. The summed E-state index contributed by atoms with van der Waals surface area (Å²) in [7, 11) is 0. The molecule has 0 bridgehead atoms. The molecule has 5 nitrogen and oxygen atoms in total. The Balaban J connectivity index is 1.35. The summed E-state index contributed by atoms with van der Waals surface area (Å²) in [6, 6.07) is 23.8. The van der Waals surface area contributed by atoms with Crippen LogP contribution in [-0.2, 0) is 4.79 Å². The third-order valence-corrected chi connectivity index (χ3v) is 6.01. The van der Waals surface area contributed by atoms with Gasteiger partial charge in [0.15, 0.2) is 11.5 Å². The van der Waals surface area contributed by atoms with E-state index in [1.54, 1.807) is 6.07 Å². The number of amides is 1.